The molecule has 0 aromatic heterocycles. The first-order chi connectivity index (χ1) is 18.7. The van der Waals surface area contributed by atoms with Crippen LogP contribution in [0.5, 0.6) is 5.75 Å². The van der Waals surface area contributed by atoms with Gasteiger partial charge in [0.2, 0.25) is 0 Å². The van der Waals surface area contributed by atoms with Crippen molar-refractivity contribution >= 4 is 5.97 Å². The van der Waals surface area contributed by atoms with Crippen molar-refractivity contribution in [3.63, 3.8) is 0 Å². The van der Waals surface area contributed by atoms with E-state index in [1.807, 2.05) is 0 Å². The van der Waals surface area contributed by atoms with Crippen molar-refractivity contribution in [3.8, 4) is 5.75 Å². The van der Waals surface area contributed by atoms with Crippen LogP contribution in [0.2, 0.25) is 0 Å². The normalized spacial score (nSPS) is 18.6. The van der Waals surface area contributed by atoms with Crippen molar-refractivity contribution in [1.29, 1.82) is 0 Å². The average molecular weight is 512 g/mol. The third-order valence-corrected chi connectivity index (χ3v) is 8.43. The Morgan fingerprint density at radius 1 is 0.842 bits per heavy atom. The van der Waals surface area contributed by atoms with Gasteiger partial charge in [0.1, 0.15) is 5.75 Å². The number of aryl methyl sites for hydroxylation is 2. The van der Waals surface area contributed by atoms with Crippen molar-refractivity contribution in [2.24, 2.45) is 5.92 Å². The highest BCUT2D eigenvalue weighted by atomic mass is 16.5. The standard InChI is InChI=1S/C34H41NO3/c36-34(37)18-7-8-22-35(32-16-9-14-28-11-3-5-15-31(28)32)23-21-29-12-4-6-17-33(29)38-25-26-19-20-27-10-1-2-13-30(27)24-26/h1-6,10-13,15,17,26,32H,7-9,14,16,18-25H2,(H,36,37)/t26-,32?/m0/s1. The number of ether oxygens (including phenoxy) is 1. The minimum absolute atomic E-state index is 0.247. The fraction of sp³-hybridized carbons (Fsp3) is 0.441. The van der Waals surface area contributed by atoms with Crippen LogP contribution in [0, 0.1) is 5.92 Å². The Balaban J connectivity index is 1.23. The number of hydrogen-bond donors (Lipinski definition) is 1. The van der Waals surface area contributed by atoms with E-state index < -0.39 is 5.97 Å². The molecule has 0 aliphatic heterocycles. The second-order valence-electron chi connectivity index (χ2n) is 11.0. The average Bonchev–Trinajstić information content (AvgIpc) is 2.95. The molecule has 1 unspecified atom stereocenters. The van der Waals surface area contributed by atoms with E-state index in [1.54, 1.807) is 0 Å². The third kappa shape index (κ3) is 6.85. The van der Waals surface area contributed by atoms with E-state index in [2.05, 4.69) is 77.7 Å². The molecule has 3 aromatic carbocycles. The first-order valence-corrected chi connectivity index (χ1v) is 14.5. The van der Waals surface area contributed by atoms with Crippen LogP contribution in [-0.2, 0) is 30.5 Å². The van der Waals surface area contributed by atoms with Crippen molar-refractivity contribution in [2.75, 3.05) is 19.7 Å². The summed E-state index contributed by atoms with van der Waals surface area (Å²) in [4.78, 5) is 13.7. The zero-order chi connectivity index (χ0) is 26.2. The highest BCUT2D eigenvalue weighted by Crippen LogP contribution is 2.35. The lowest BCUT2D eigenvalue weighted by Gasteiger charge is -2.36. The molecule has 38 heavy (non-hydrogen) atoms. The molecule has 2 atom stereocenters. The topological polar surface area (TPSA) is 49.8 Å². The highest BCUT2D eigenvalue weighted by molar-refractivity contribution is 5.66. The van der Waals surface area contributed by atoms with Crippen LogP contribution < -0.4 is 4.74 Å². The van der Waals surface area contributed by atoms with Gasteiger partial charge < -0.3 is 9.84 Å². The maximum Gasteiger partial charge on any atom is 0.303 e. The molecule has 0 saturated carbocycles. The van der Waals surface area contributed by atoms with Gasteiger partial charge in [-0.05, 0) is 104 Å². The lowest BCUT2D eigenvalue weighted by atomic mass is 9.84. The van der Waals surface area contributed by atoms with Crippen LogP contribution in [0.25, 0.3) is 0 Å². The molecule has 200 valence electrons. The first kappa shape index (κ1) is 26.5. The number of hydrogen-bond acceptors (Lipinski definition) is 3. The zero-order valence-electron chi connectivity index (χ0n) is 22.5. The summed E-state index contributed by atoms with van der Waals surface area (Å²) in [5.74, 6) is 0.871. The van der Waals surface area contributed by atoms with E-state index in [4.69, 9.17) is 9.84 Å². The number of unbranched alkanes of at least 4 members (excludes halogenated alkanes) is 1. The third-order valence-electron chi connectivity index (χ3n) is 8.43. The number of nitrogens with zero attached hydrogens (tertiary/aromatic N) is 1. The fourth-order valence-corrected chi connectivity index (χ4v) is 6.36. The van der Waals surface area contributed by atoms with Gasteiger partial charge in [-0.2, -0.15) is 0 Å². The van der Waals surface area contributed by atoms with Gasteiger partial charge in [-0.15, -0.1) is 0 Å². The van der Waals surface area contributed by atoms with Gasteiger partial charge in [0, 0.05) is 19.0 Å². The van der Waals surface area contributed by atoms with Gasteiger partial charge in [-0.25, -0.2) is 0 Å². The van der Waals surface area contributed by atoms with Gasteiger partial charge >= 0.3 is 5.97 Å². The molecule has 4 heteroatoms. The van der Waals surface area contributed by atoms with Gasteiger partial charge in [-0.3, -0.25) is 9.69 Å². The summed E-state index contributed by atoms with van der Waals surface area (Å²) in [6.45, 7) is 2.64. The summed E-state index contributed by atoms with van der Waals surface area (Å²) in [6.07, 6.45) is 9.77. The summed E-state index contributed by atoms with van der Waals surface area (Å²) in [7, 11) is 0. The Labute approximate surface area is 227 Å². The van der Waals surface area contributed by atoms with E-state index in [0.29, 0.717) is 12.0 Å². The van der Waals surface area contributed by atoms with Crippen LogP contribution in [0.4, 0.5) is 0 Å². The quantitative estimate of drug-likeness (QED) is 0.265. The second kappa shape index (κ2) is 13.1. The predicted octanol–water partition coefficient (Wildman–Crippen LogP) is 7.05. The van der Waals surface area contributed by atoms with Gasteiger partial charge in [-0.1, -0.05) is 66.7 Å². The summed E-state index contributed by atoms with van der Waals surface area (Å²) in [5.41, 5.74) is 7.17. The van der Waals surface area contributed by atoms with Gasteiger partial charge in [0.05, 0.1) is 6.61 Å². The number of benzene rings is 3. The van der Waals surface area contributed by atoms with E-state index in [9.17, 15) is 4.79 Å². The minimum Gasteiger partial charge on any atom is -0.493 e. The molecule has 4 nitrogen and oxygen atoms in total. The minimum atomic E-state index is -0.702. The van der Waals surface area contributed by atoms with E-state index in [0.717, 1.165) is 70.4 Å². The number of para-hydroxylation sites is 1. The Morgan fingerprint density at radius 3 is 2.47 bits per heavy atom. The summed E-state index contributed by atoms with van der Waals surface area (Å²) in [6, 6.07) is 26.6. The van der Waals surface area contributed by atoms with Crippen molar-refractivity contribution in [2.45, 2.75) is 70.3 Å². The monoisotopic (exact) mass is 511 g/mol. The number of rotatable bonds is 12. The molecule has 0 saturated heterocycles. The maximum absolute atomic E-state index is 11.1. The summed E-state index contributed by atoms with van der Waals surface area (Å²) >= 11 is 0. The number of carboxylic acid groups (broad SMARTS) is 1. The Morgan fingerprint density at radius 2 is 1.61 bits per heavy atom. The van der Waals surface area contributed by atoms with E-state index in [1.165, 1.54) is 40.7 Å². The molecular weight excluding hydrogens is 470 g/mol. The molecule has 0 fully saturated rings. The van der Waals surface area contributed by atoms with E-state index in [-0.39, 0.29) is 6.42 Å². The Bertz CT molecular complexity index is 1210. The number of carboxylic acids is 1. The molecule has 0 heterocycles. The zero-order valence-corrected chi connectivity index (χ0v) is 22.5. The molecular formula is C34H41NO3. The molecule has 0 radical (unpaired) electrons. The fourth-order valence-electron chi connectivity index (χ4n) is 6.36. The molecule has 2 aliphatic carbocycles. The molecule has 0 bridgehead atoms. The molecule has 3 aromatic rings. The smallest absolute Gasteiger partial charge is 0.303 e. The van der Waals surface area contributed by atoms with Gasteiger partial charge in [0.15, 0.2) is 0 Å². The lowest BCUT2D eigenvalue weighted by Crippen LogP contribution is -2.34. The summed E-state index contributed by atoms with van der Waals surface area (Å²) in [5, 5.41) is 9.11. The van der Waals surface area contributed by atoms with Crippen LogP contribution in [0.3, 0.4) is 0 Å². The second-order valence-corrected chi connectivity index (χ2v) is 11.0. The predicted molar refractivity (Wildman–Crippen MR) is 153 cm³/mol. The molecule has 2 aliphatic rings. The molecule has 0 amide bonds. The van der Waals surface area contributed by atoms with Crippen LogP contribution in [-0.4, -0.2) is 35.7 Å². The van der Waals surface area contributed by atoms with E-state index >= 15 is 0 Å². The maximum atomic E-state index is 11.1. The Kier molecular flexibility index (Phi) is 9.14. The molecule has 5 rings (SSSR count). The number of carbonyl (C=O) groups is 1. The summed E-state index contributed by atoms with van der Waals surface area (Å²) < 4.78 is 6.47. The number of fused-ring (bicyclic) bond motifs is 2. The Hall–Kier alpha value is -3.11. The SMILES string of the molecule is O=C(O)CCCCN(CCc1ccccc1OC[C@H]1CCc2ccccc2C1)C1CCCc2ccccc21. The van der Waals surface area contributed by atoms with Crippen molar-refractivity contribution in [1.82, 2.24) is 4.90 Å². The van der Waals surface area contributed by atoms with Crippen molar-refractivity contribution in [3.05, 3.63) is 101 Å². The van der Waals surface area contributed by atoms with Crippen LogP contribution in [0.15, 0.2) is 72.8 Å². The number of aliphatic carboxylic acids is 1. The molecule has 1 N–H and O–H groups in total. The first-order valence-electron chi connectivity index (χ1n) is 14.5. The van der Waals surface area contributed by atoms with Gasteiger partial charge in [0.25, 0.3) is 0 Å². The largest absolute Gasteiger partial charge is 0.493 e. The highest BCUT2D eigenvalue weighted by Gasteiger charge is 2.26. The lowest BCUT2D eigenvalue weighted by molar-refractivity contribution is -0.137. The molecule has 0 spiro atoms. The van der Waals surface area contributed by atoms with Crippen molar-refractivity contribution < 1.29 is 14.6 Å². The van der Waals surface area contributed by atoms with Crippen LogP contribution in [0.1, 0.15) is 72.4 Å². The van der Waals surface area contributed by atoms with Crippen LogP contribution >= 0.6 is 0 Å².